The summed E-state index contributed by atoms with van der Waals surface area (Å²) in [5.41, 5.74) is -2.63. The molecule has 2 heterocycles. The summed E-state index contributed by atoms with van der Waals surface area (Å²) in [4.78, 5) is 31.9. The highest BCUT2D eigenvalue weighted by Gasteiger charge is 2.43. The van der Waals surface area contributed by atoms with E-state index in [0.717, 1.165) is 16.2 Å². The van der Waals surface area contributed by atoms with E-state index in [2.05, 4.69) is 10.3 Å². The van der Waals surface area contributed by atoms with Crippen molar-refractivity contribution in [2.75, 3.05) is 17.3 Å². The topological polar surface area (TPSA) is 65.5 Å². The zero-order chi connectivity index (χ0) is 20.5. The smallest absolute Gasteiger partial charge is 0.387 e. The molecule has 0 aliphatic carbocycles. The molecule has 1 fully saturated rings. The second-order valence-corrected chi connectivity index (χ2v) is 7.22. The van der Waals surface area contributed by atoms with Gasteiger partial charge in [0.2, 0.25) is 0 Å². The van der Waals surface area contributed by atoms with Crippen molar-refractivity contribution >= 4 is 35.1 Å². The number of nitrogens with zero attached hydrogens (tertiary/aromatic N) is 3. The van der Waals surface area contributed by atoms with Crippen LogP contribution in [0.15, 0.2) is 47.6 Å². The number of hydrogen-bond donors (Lipinski definition) is 1. The molecule has 1 aromatic carbocycles. The molecule has 1 aliphatic heterocycles. The predicted molar refractivity (Wildman–Crippen MR) is 100 cm³/mol. The van der Waals surface area contributed by atoms with Crippen LogP contribution in [-0.2, 0) is 11.3 Å². The van der Waals surface area contributed by atoms with Crippen molar-refractivity contribution in [3.8, 4) is 0 Å². The number of pyridine rings is 1. The third kappa shape index (κ3) is 4.06. The Kier molecular flexibility index (Phi) is 5.50. The van der Waals surface area contributed by atoms with Crippen molar-refractivity contribution in [1.29, 1.82) is 0 Å². The van der Waals surface area contributed by atoms with Crippen LogP contribution in [-0.4, -0.2) is 40.4 Å². The number of nitrogens with one attached hydrogen (secondary N) is 1. The van der Waals surface area contributed by atoms with E-state index in [1.54, 1.807) is 32.4 Å². The average molecular weight is 410 g/mol. The van der Waals surface area contributed by atoms with Gasteiger partial charge in [0.05, 0.1) is 24.1 Å². The highest BCUT2D eigenvalue weighted by molar-refractivity contribution is 8.00. The van der Waals surface area contributed by atoms with E-state index < -0.39 is 23.5 Å². The van der Waals surface area contributed by atoms with Gasteiger partial charge in [-0.2, -0.15) is 13.2 Å². The van der Waals surface area contributed by atoms with Gasteiger partial charge in [0, 0.05) is 18.1 Å². The minimum atomic E-state index is -4.40. The van der Waals surface area contributed by atoms with Gasteiger partial charge in [0.25, 0.3) is 5.91 Å². The molecule has 1 unspecified atom stereocenters. The Bertz CT molecular complexity index is 889. The SMILES string of the molecule is CNc1cnccc1CN1C(=O)N(c2ccc(SC(F)(F)F)cc2)C(=O)C1C. The van der Waals surface area contributed by atoms with Crippen molar-refractivity contribution in [3.05, 3.63) is 48.3 Å². The molecule has 0 saturated carbocycles. The second kappa shape index (κ2) is 7.70. The lowest BCUT2D eigenvalue weighted by atomic mass is 10.2. The van der Waals surface area contributed by atoms with E-state index in [1.165, 1.54) is 29.2 Å². The van der Waals surface area contributed by atoms with Crippen LogP contribution in [0, 0.1) is 0 Å². The molecule has 10 heteroatoms. The fourth-order valence-electron chi connectivity index (χ4n) is 2.92. The zero-order valence-electron chi connectivity index (χ0n) is 15.0. The first-order valence-electron chi connectivity index (χ1n) is 8.32. The van der Waals surface area contributed by atoms with E-state index >= 15 is 0 Å². The Labute approximate surface area is 163 Å². The Hall–Kier alpha value is -2.75. The molecule has 1 aliphatic rings. The lowest BCUT2D eigenvalue weighted by molar-refractivity contribution is -0.119. The Morgan fingerprint density at radius 1 is 1.18 bits per heavy atom. The number of anilines is 2. The number of rotatable bonds is 5. The van der Waals surface area contributed by atoms with Gasteiger partial charge in [-0.1, -0.05) is 0 Å². The van der Waals surface area contributed by atoms with Crippen molar-refractivity contribution in [1.82, 2.24) is 9.88 Å². The highest BCUT2D eigenvalue weighted by Crippen LogP contribution is 2.38. The minimum absolute atomic E-state index is 0.0179. The van der Waals surface area contributed by atoms with E-state index in [1.807, 2.05) is 0 Å². The molecule has 148 valence electrons. The summed E-state index contributed by atoms with van der Waals surface area (Å²) < 4.78 is 37.4. The first kappa shape index (κ1) is 20.0. The summed E-state index contributed by atoms with van der Waals surface area (Å²) in [6.45, 7) is 1.82. The summed E-state index contributed by atoms with van der Waals surface area (Å²) in [6, 6.07) is 5.69. The average Bonchev–Trinajstić information content (AvgIpc) is 2.85. The number of thioether (sulfide) groups is 1. The number of hydrogen-bond acceptors (Lipinski definition) is 5. The van der Waals surface area contributed by atoms with Crippen LogP contribution in [0.2, 0.25) is 0 Å². The van der Waals surface area contributed by atoms with Crippen LogP contribution in [0.3, 0.4) is 0 Å². The molecule has 1 aromatic heterocycles. The molecule has 0 spiro atoms. The monoisotopic (exact) mass is 410 g/mol. The molecule has 1 atom stereocenters. The van der Waals surface area contributed by atoms with Crippen molar-refractivity contribution in [3.63, 3.8) is 0 Å². The molecule has 1 N–H and O–H groups in total. The first-order valence-corrected chi connectivity index (χ1v) is 9.14. The van der Waals surface area contributed by atoms with Gasteiger partial charge in [-0.3, -0.25) is 9.78 Å². The lowest BCUT2D eigenvalue weighted by Gasteiger charge is -2.21. The number of alkyl halides is 3. The number of aromatic nitrogens is 1. The summed E-state index contributed by atoms with van der Waals surface area (Å²) in [5.74, 6) is -0.429. The number of halogens is 3. The van der Waals surface area contributed by atoms with Gasteiger partial charge in [0.15, 0.2) is 0 Å². The van der Waals surface area contributed by atoms with Crippen LogP contribution in [0.25, 0.3) is 0 Å². The molecular formula is C18H17F3N4O2S. The number of carbonyl (C=O) groups is 2. The lowest BCUT2D eigenvalue weighted by Crippen LogP contribution is -2.33. The van der Waals surface area contributed by atoms with Gasteiger partial charge in [-0.25, -0.2) is 9.69 Å². The summed E-state index contributed by atoms with van der Waals surface area (Å²) in [5, 5.41) is 2.98. The number of benzene rings is 1. The molecule has 1 saturated heterocycles. The van der Waals surface area contributed by atoms with E-state index in [9.17, 15) is 22.8 Å². The van der Waals surface area contributed by atoms with Gasteiger partial charge in [0.1, 0.15) is 6.04 Å². The quantitative estimate of drug-likeness (QED) is 0.594. The predicted octanol–water partition coefficient (Wildman–Crippen LogP) is 4.09. The van der Waals surface area contributed by atoms with E-state index in [-0.39, 0.29) is 28.9 Å². The second-order valence-electron chi connectivity index (χ2n) is 6.08. The molecule has 0 bridgehead atoms. The van der Waals surface area contributed by atoms with Crippen LogP contribution in [0.1, 0.15) is 12.5 Å². The third-order valence-electron chi connectivity index (χ3n) is 4.33. The molecule has 3 amide bonds. The number of urea groups is 1. The minimum Gasteiger partial charge on any atom is -0.387 e. The summed E-state index contributed by atoms with van der Waals surface area (Å²) in [7, 11) is 1.73. The molecule has 0 radical (unpaired) electrons. The maximum absolute atomic E-state index is 12.9. The largest absolute Gasteiger partial charge is 0.446 e. The van der Waals surface area contributed by atoms with E-state index in [4.69, 9.17) is 0 Å². The zero-order valence-corrected chi connectivity index (χ0v) is 15.8. The van der Waals surface area contributed by atoms with Crippen molar-refractivity contribution in [2.45, 2.75) is 29.9 Å². The molecular weight excluding hydrogens is 393 g/mol. The Balaban J connectivity index is 1.82. The highest BCUT2D eigenvalue weighted by atomic mass is 32.2. The first-order chi connectivity index (χ1) is 13.2. The fourth-order valence-corrected chi connectivity index (χ4v) is 3.46. The maximum atomic E-state index is 12.9. The Morgan fingerprint density at radius 3 is 2.46 bits per heavy atom. The molecule has 3 rings (SSSR count). The standard InChI is InChI=1S/C18H17F3N4O2S/c1-11-16(26)25(13-3-5-14(6-4-13)28-18(19,20)21)17(27)24(11)10-12-7-8-23-9-15(12)22-2/h3-9,11,22H,10H2,1-2H3. The molecule has 28 heavy (non-hydrogen) atoms. The Morgan fingerprint density at radius 2 is 1.86 bits per heavy atom. The van der Waals surface area contributed by atoms with Crippen LogP contribution < -0.4 is 10.2 Å². The molecule has 2 aromatic rings. The van der Waals surface area contributed by atoms with E-state index in [0.29, 0.717) is 0 Å². The van der Waals surface area contributed by atoms with Crippen LogP contribution in [0.5, 0.6) is 0 Å². The number of imide groups is 1. The summed E-state index contributed by atoms with van der Waals surface area (Å²) >= 11 is -0.251. The van der Waals surface area contributed by atoms with Crippen molar-refractivity contribution < 1.29 is 22.8 Å². The maximum Gasteiger partial charge on any atom is 0.446 e. The van der Waals surface area contributed by atoms with Gasteiger partial charge >= 0.3 is 11.5 Å². The van der Waals surface area contributed by atoms with Crippen LogP contribution in [0.4, 0.5) is 29.3 Å². The molecule has 6 nitrogen and oxygen atoms in total. The normalized spacial score (nSPS) is 17.4. The summed E-state index contributed by atoms with van der Waals surface area (Å²) in [6.07, 6.45) is 3.22. The van der Waals surface area contributed by atoms with Gasteiger partial charge in [-0.05, 0) is 54.6 Å². The van der Waals surface area contributed by atoms with Crippen LogP contribution >= 0.6 is 11.8 Å². The fraction of sp³-hybridized carbons (Fsp3) is 0.278. The number of carbonyl (C=O) groups excluding carboxylic acids is 2. The van der Waals surface area contributed by atoms with Gasteiger partial charge < -0.3 is 10.2 Å². The third-order valence-corrected chi connectivity index (χ3v) is 5.07. The van der Waals surface area contributed by atoms with Crippen molar-refractivity contribution in [2.24, 2.45) is 0 Å². The number of amides is 3. The van der Waals surface area contributed by atoms with Gasteiger partial charge in [-0.15, -0.1) is 0 Å².